The van der Waals surface area contributed by atoms with Crippen LogP contribution in [0.25, 0.3) is 0 Å². The van der Waals surface area contributed by atoms with Crippen LogP contribution in [0.1, 0.15) is 19.3 Å². The van der Waals surface area contributed by atoms with E-state index in [1.165, 1.54) is 43.6 Å². The summed E-state index contributed by atoms with van der Waals surface area (Å²) in [5.74, 6) is 0. The Morgan fingerprint density at radius 2 is 1.83 bits per heavy atom. The number of piperidine rings is 1. The monoisotopic (exact) mass is 284 g/mol. The number of rotatable bonds is 4. The maximum absolute atomic E-state index is 5.83. The van der Waals surface area contributed by atoms with E-state index in [2.05, 4.69) is 34.5 Å². The molecular weight excluding hydrogens is 267 g/mol. The highest BCUT2D eigenvalue weighted by Gasteiger charge is 2.10. The van der Waals surface area contributed by atoms with Gasteiger partial charge in [-0.15, -0.1) is 0 Å². The van der Waals surface area contributed by atoms with Crippen molar-refractivity contribution in [1.29, 1.82) is 0 Å². The lowest BCUT2D eigenvalue weighted by Gasteiger charge is -2.28. The van der Waals surface area contributed by atoms with Gasteiger partial charge >= 0.3 is 0 Å². The molecule has 0 spiro atoms. The quantitative estimate of drug-likeness (QED) is 0.881. The van der Waals surface area contributed by atoms with Crippen LogP contribution in [0.15, 0.2) is 34.8 Å². The Kier molecular flexibility index (Phi) is 5.21. The first-order valence-electron chi connectivity index (χ1n) is 6.33. The zero-order valence-corrected chi connectivity index (χ0v) is 11.8. The zero-order chi connectivity index (χ0) is 12.8. The van der Waals surface area contributed by atoms with Crippen LogP contribution in [0.5, 0.6) is 0 Å². The lowest BCUT2D eigenvalue weighted by atomic mass is 10.1. The number of anilines is 2. The summed E-state index contributed by atoms with van der Waals surface area (Å²) in [5, 5.41) is 3.83. The molecule has 4 heteroatoms. The summed E-state index contributed by atoms with van der Waals surface area (Å²) in [4.78, 5) is 2.44. The molecule has 2 nitrogen and oxygen atoms in total. The van der Waals surface area contributed by atoms with Gasteiger partial charge in [-0.1, -0.05) is 23.2 Å². The summed E-state index contributed by atoms with van der Waals surface area (Å²) in [5.41, 5.74) is 3.75. The number of hydrogen-bond acceptors (Lipinski definition) is 2. The number of nitrogens with zero attached hydrogens (tertiary/aromatic N) is 1. The average Bonchev–Trinajstić information content (AvgIpc) is 2.46. The summed E-state index contributed by atoms with van der Waals surface area (Å²) in [7, 11) is 0. The molecule has 0 aliphatic carbocycles. The van der Waals surface area contributed by atoms with E-state index >= 15 is 0 Å². The summed E-state index contributed by atoms with van der Waals surface area (Å²) in [6.07, 6.45) is 3.96. The molecule has 0 atom stereocenters. The van der Waals surface area contributed by atoms with E-state index in [-0.39, 0.29) is 0 Å². The van der Waals surface area contributed by atoms with Crippen LogP contribution >= 0.6 is 23.2 Å². The van der Waals surface area contributed by atoms with Crippen molar-refractivity contribution in [3.63, 3.8) is 0 Å². The molecule has 18 heavy (non-hydrogen) atoms. The maximum Gasteiger partial charge on any atom is 0.0516 e. The second-order valence-electron chi connectivity index (χ2n) is 4.50. The smallest absolute Gasteiger partial charge is 0.0516 e. The van der Waals surface area contributed by atoms with E-state index in [1.807, 2.05) is 0 Å². The van der Waals surface area contributed by atoms with E-state index in [4.69, 9.17) is 23.2 Å². The molecule has 98 valence electrons. The first-order valence-corrected chi connectivity index (χ1v) is 7.14. The highest BCUT2D eigenvalue weighted by molar-refractivity contribution is 6.36. The van der Waals surface area contributed by atoms with Gasteiger partial charge in [0.1, 0.15) is 0 Å². The van der Waals surface area contributed by atoms with E-state index in [0.29, 0.717) is 11.6 Å². The fourth-order valence-corrected chi connectivity index (χ4v) is 2.31. The van der Waals surface area contributed by atoms with Crippen LogP contribution < -0.4 is 10.2 Å². The van der Waals surface area contributed by atoms with Crippen molar-refractivity contribution in [1.82, 2.24) is 0 Å². The molecule has 0 radical (unpaired) electrons. The third kappa shape index (κ3) is 3.82. The maximum atomic E-state index is 5.83. The minimum Gasteiger partial charge on any atom is -0.380 e. The van der Waals surface area contributed by atoms with Crippen LogP contribution in [0.2, 0.25) is 0 Å². The van der Waals surface area contributed by atoms with Gasteiger partial charge in [0, 0.05) is 35.0 Å². The fraction of sp³-hybridized carbons (Fsp3) is 0.429. The van der Waals surface area contributed by atoms with Gasteiger partial charge in [-0.25, -0.2) is 0 Å². The van der Waals surface area contributed by atoms with Gasteiger partial charge in [0.05, 0.1) is 6.54 Å². The van der Waals surface area contributed by atoms with E-state index < -0.39 is 0 Å². The van der Waals surface area contributed by atoms with Gasteiger partial charge in [-0.2, -0.15) is 0 Å². The van der Waals surface area contributed by atoms with Crippen LogP contribution in [0.3, 0.4) is 0 Å². The average molecular weight is 285 g/mol. The van der Waals surface area contributed by atoms with Crippen molar-refractivity contribution < 1.29 is 0 Å². The zero-order valence-electron chi connectivity index (χ0n) is 10.3. The molecule has 2 rings (SSSR count). The Bertz CT molecular complexity index is 395. The molecule has 0 aromatic heterocycles. The van der Waals surface area contributed by atoms with Gasteiger partial charge in [-0.3, -0.25) is 0 Å². The van der Waals surface area contributed by atoms with Gasteiger partial charge < -0.3 is 10.2 Å². The second-order valence-corrected chi connectivity index (χ2v) is 5.21. The Balaban J connectivity index is 1.92. The van der Waals surface area contributed by atoms with Crippen LogP contribution in [0.4, 0.5) is 11.4 Å². The van der Waals surface area contributed by atoms with E-state index in [9.17, 15) is 0 Å². The molecule has 1 aromatic rings. The van der Waals surface area contributed by atoms with Crippen molar-refractivity contribution in [2.45, 2.75) is 19.3 Å². The molecule has 1 N–H and O–H groups in total. The summed E-state index contributed by atoms with van der Waals surface area (Å²) in [6.45, 7) is 2.91. The molecule has 1 aromatic carbocycles. The highest BCUT2D eigenvalue weighted by Crippen LogP contribution is 2.22. The normalized spacial score (nSPS) is 16.8. The molecular formula is C14H18Cl2N2. The Morgan fingerprint density at radius 1 is 1.17 bits per heavy atom. The van der Waals surface area contributed by atoms with Crippen LogP contribution in [-0.4, -0.2) is 19.6 Å². The molecule has 0 unspecified atom stereocenters. The SMILES string of the molecule is ClC=C(Cl)CNc1ccc(N2CCCCC2)cc1. The van der Waals surface area contributed by atoms with Gasteiger partial charge in [0.2, 0.25) is 0 Å². The van der Waals surface area contributed by atoms with Crippen LogP contribution in [-0.2, 0) is 0 Å². The van der Waals surface area contributed by atoms with Crippen molar-refractivity contribution >= 4 is 34.6 Å². The molecule has 1 aliphatic rings. The number of benzene rings is 1. The van der Waals surface area contributed by atoms with Gasteiger partial charge in [-0.05, 0) is 43.5 Å². The van der Waals surface area contributed by atoms with E-state index in [0.717, 1.165) is 5.69 Å². The molecule has 1 fully saturated rings. The number of nitrogens with one attached hydrogen (secondary N) is 1. The third-order valence-electron chi connectivity index (χ3n) is 3.17. The molecule has 0 bridgehead atoms. The number of halogens is 2. The summed E-state index contributed by atoms with van der Waals surface area (Å²) < 4.78 is 0. The fourth-order valence-electron chi connectivity index (χ4n) is 2.17. The van der Waals surface area contributed by atoms with Gasteiger partial charge in [0.15, 0.2) is 0 Å². The predicted molar refractivity (Wildman–Crippen MR) is 80.8 cm³/mol. The minimum atomic E-state index is 0.564. The molecule has 0 saturated carbocycles. The minimum absolute atomic E-state index is 0.564. The molecule has 1 saturated heterocycles. The van der Waals surface area contributed by atoms with Crippen LogP contribution in [0, 0.1) is 0 Å². The lowest BCUT2D eigenvalue weighted by molar-refractivity contribution is 0.578. The predicted octanol–water partition coefficient (Wildman–Crippen LogP) is 4.41. The Labute approximate surface area is 119 Å². The van der Waals surface area contributed by atoms with E-state index in [1.54, 1.807) is 0 Å². The van der Waals surface area contributed by atoms with Crippen molar-refractivity contribution in [3.05, 3.63) is 34.8 Å². The van der Waals surface area contributed by atoms with Crippen molar-refractivity contribution in [2.24, 2.45) is 0 Å². The molecule has 1 aliphatic heterocycles. The van der Waals surface area contributed by atoms with Crippen molar-refractivity contribution in [2.75, 3.05) is 29.9 Å². The topological polar surface area (TPSA) is 15.3 Å². The summed E-state index contributed by atoms with van der Waals surface area (Å²) >= 11 is 11.3. The Hall–Kier alpha value is -0.860. The largest absolute Gasteiger partial charge is 0.380 e. The lowest BCUT2D eigenvalue weighted by Crippen LogP contribution is -2.29. The molecule has 1 heterocycles. The van der Waals surface area contributed by atoms with Crippen molar-refractivity contribution in [3.8, 4) is 0 Å². The first kappa shape index (κ1) is 13.6. The third-order valence-corrected chi connectivity index (χ3v) is 3.79. The standard InChI is InChI=1S/C14H18Cl2N2/c15-10-12(16)11-17-13-4-6-14(7-5-13)18-8-2-1-3-9-18/h4-7,10,17H,1-3,8-9,11H2. The molecule has 0 amide bonds. The second kappa shape index (κ2) is 6.91. The number of hydrogen-bond donors (Lipinski definition) is 1. The Morgan fingerprint density at radius 3 is 2.44 bits per heavy atom. The first-order chi connectivity index (χ1) is 8.79. The highest BCUT2D eigenvalue weighted by atomic mass is 35.5. The summed E-state index contributed by atoms with van der Waals surface area (Å²) in [6, 6.07) is 8.49. The van der Waals surface area contributed by atoms with Gasteiger partial charge in [0.25, 0.3) is 0 Å².